The van der Waals surface area contributed by atoms with Gasteiger partial charge in [-0.25, -0.2) is 9.97 Å². The number of fused-ring (bicyclic) bond motifs is 1. The van der Waals surface area contributed by atoms with Gasteiger partial charge in [-0.2, -0.15) is 0 Å². The van der Waals surface area contributed by atoms with Crippen LogP contribution in [0.3, 0.4) is 0 Å². The van der Waals surface area contributed by atoms with Crippen molar-refractivity contribution >= 4 is 43.3 Å². The highest BCUT2D eigenvalue weighted by Gasteiger charge is 2.17. The quantitative estimate of drug-likeness (QED) is 0.690. The summed E-state index contributed by atoms with van der Waals surface area (Å²) >= 11 is 5.15. The number of thiophene rings is 1. The molecule has 0 unspecified atom stereocenters. The van der Waals surface area contributed by atoms with Crippen LogP contribution in [0.25, 0.3) is 10.2 Å². The van der Waals surface area contributed by atoms with Gasteiger partial charge in [0.25, 0.3) is 0 Å². The van der Waals surface area contributed by atoms with Crippen LogP contribution in [0.4, 0.5) is 5.82 Å². The fourth-order valence-electron chi connectivity index (χ4n) is 2.23. The van der Waals surface area contributed by atoms with Crippen molar-refractivity contribution in [3.8, 4) is 0 Å². The van der Waals surface area contributed by atoms with E-state index >= 15 is 0 Å². The summed E-state index contributed by atoms with van der Waals surface area (Å²) < 4.78 is 1.08. The highest BCUT2D eigenvalue weighted by Crippen LogP contribution is 2.35. The van der Waals surface area contributed by atoms with Crippen molar-refractivity contribution < 1.29 is 0 Å². The van der Waals surface area contributed by atoms with E-state index in [0.717, 1.165) is 19.8 Å². The van der Waals surface area contributed by atoms with E-state index < -0.39 is 0 Å². The first-order valence-electron chi connectivity index (χ1n) is 6.34. The molecule has 0 aliphatic heterocycles. The third-order valence-electron chi connectivity index (χ3n) is 3.48. The second kappa shape index (κ2) is 5.50. The highest BCUT2D eigenvalue weighted by molar-refractivity contribution is 9.11. The van der Waals surface area contributed by atoms with E-state index in [1.54, 1.807) is 17.7 Å². The molecule has 3 nitrogen and oxygen atoms in total. The smallest absolute Gasteiger partial charge is 0.141 e. The minimum Gasteiger partial charge on any atom is -0.352 e. The standard InChI is InChI=1S/C15H14BrN3S/c1-10(11-6-4-3-5-7-11)19(2)14-12-8-13(16)20-15(12)18-9-17-14/h3-10H,1-2H3/t10-/m1/s1. The molecule has 0 bridgehead atoms. The predicted molar refractivity (Wildman–Crippen MR) is 88.4 cm³/mol. The third-order valence-corrected chi connectivity index (χ3v) is 5.02. The summed E-state index contributed by atoms with van der Waals surface area (Å²) in [5.41, 5.74) is 1.27. The summed E-state index contributed by atoms with van der Waals surface area (Å²) in [4.78, 5) is 12.0. The lowest BCUT2D eigenvalue weighted by atomic mass is 10.1. The normalized spacial score (nSPS) is 12.6. The Balaban J connectivity index is 2.02. The molecule has 1 aromatic carbocycles. The summed E-state index contributed by atoms with van der Waals surface area (Å²) in [7, 11) is 2.07. The van der Waals surface area contributed by atoms with Crippen LogP contribution in [-0.2, 0) is 0 Å². The Kier molecular flexibility index (Phi) is 3.72. The molecule has 0 saturated heterocycles. The van der Waals surface area contributed by atoms with Gasteiger partial charge < -0.3 is 4.90 Å². The predicted octanol–water partition coefficient (Wildman–Crippen LogP) is 4.65. The minimum absolute atomic E-state index is 0.257. The van der Waals surface area contributed by atoms with E-state index in [1.165, 1.54) is 5.56 Å². The molecule has 0 fully saturated rings. The van der Waals surface area contributed by atoms with Gasteiger partial charge in [0.15, 0.2) is 0 Å². The highest BCUT2D eigenvalue weighted by atomic mass is 79.9. The van der Waals surface area contributed by atoms with E-state index in [4.69, 9.17) is 0 Å². The molecule has 2 aromatic heterocycles. The average Bonchev–Trinajstić information content (AvgIpc) is 2.86. The zero-order chi connectivity index (χ0) is 14.1. The zero-order valence-corrected chi connectivity index (χ0v) is 13.6. The molecule has 0 spiro atoms. The number of hydrogen-bond donors (Lipinski definition) is 0. The Labute approximate surface area is 130 Å². The van der Waals surface area contributed by atoms with Crippen molar-refractivity contribution in [2.24, 2.45) is 0 Å². The molecule has 3 rings (SSSR count). The van der Waals surface area contributed by atoms with Crippen molar-refractivity contribution in [3.05, 3.63) is 52.1 Å². The molecular formula is C15H14BrN3S. The fraction of sp³-hybridized carbons (Fsp3) is 0.200. The van der Waals surface area contributed by atoms with Gasteiger partial charge in [-0.05, 0) is 34.5 Å². The van der Waals surface area contributed by atoms with Gasteiger partial charge in [0, 0.05) is 7.05 Å². The first-order chi connectivity index (χ1) is 9.66. The van der Waals surface area contributed by atoms with Crippen LogP contribution in [0, 0.1) is 0 Å². The van der Waals surface area contributed by atoms with Crippen LogP contribution in [0.15, 0.2) is 46.5 Å². The maximum atomic E-state index is 4.47. The van der Waals surface area contributed by atoms with E-state index in [0.29, 0.717) is 0 Å². The van der Waals surface area contributed by atoms with Crippen LogP contribution in [0.1, 0.15) is 18.5 Å². The van der Waals surface area contributed by atoms with Crippen molar-refractivity contribution in [3.63, 3.8) is 0 Å². The number of halogens is 1. The largest absolute Gasteiger partial charge is 0.352 e. The molecule has 0 aliphatic rings. The van der Waals surface area contributed by atoms with Gasteiger partial charge in [0.05, 0.1) is 15.2 Å². The number of hydrogen-bond acceptors (Lipinski definition) is 4. The van der Waals surface area contributed by atoms with Gasteiger partial charge in [0.1, 0.15) is 17.0 Å². The summed E-state index contributed by atoms with van der Waals surface area (Å²) in [5.74, 6) is 0.966. The zero-order valence-electron chi connectivity index (χ0n) is 11.2. The molecular weight excluding hydrogens is 334 g/mol. The van der Waals surface area contributed by atoms with Gasteiger partial charge in [-0.1, -0.05) is 30.3 Å². The summed E-state index contributed by atoms with van der Waals surface area (Å²) in [6, 6.07) is 12.8. The number of rotatable bonds is 3. The maximum Gasteiger partial charge on any atom is 0.141 e. The van der Waals surface area contributed by atoms with Gasteiger partial charge in [-0.15, -0.1) is 11.3 Å². The lowest BCUT2D eigenvalue weighted by molar-refractivity contribution is 0.731. The Morgan fingerprint density at radius 1 is 1.20 bits per heavy atom. The Bertz CT molecular complexity index is 726. The van der Waals surface area contributed by atoms with Crippen molar-refractivity contribution in [2.75, 3.05) is 11.9 Å². The van der Waals surface area contributed by atoms with Crippen LogP contribution in [-0.4, -0.2) is 17.0 Å². The molecule has 20 heavy (non-hydrogen) atoms. The van der Waals surface area contributed by atoms with Gasteiger partial charge >= 0.3 is 0 Å². The lowest BCUT2D eigenvalue weighted by Crippen LogP contribution is -2.22. The van der Waals surface area contributed by atoms with Gasteiger partial charge in [-0.3, -0.25) is 0 Å². The summed E-state index contributed by atoms with van der Waals surface area (Å²) in [6.45, 7) is 2.19. The van der Waals surface area contributed by atoms with E-state index in [2.05, 4.69) is 75.1 Å². The fourth-order valence-corrected chi connectivity index (χ4v) is 3.64. The topological polar surface area (TPSA) is 29.0 Å². The van der Waals surface area contributed by atoms with E-state index in [-0.39, 0.29) is 6.04 Å². The van der Waals surface area contributed by atoms with Gasteiger partial charge in [0.2, 0.25) is 0 Å². The molecule has 0 amide bonds. The number of nitrogens with zero attached hydrogens (tertiary/aromatic N) is 3. The molecule has 102 valence electrons. The molecule has 0 aliphatic carbocycles. The second-order valence-electron chi connectivity index (χ2n) is 4.66. The number of aromatic nitrogens is 2. The maximum absolute atomic E-state index is 4.47. The number of anilines is 1. The van der Waals surface area contributed by atoms with Crippen LogP contribution >= 0.6 is 27.3 Å². The first-order valence-corrected chi connectivity index (χ1v) is 7.95. The molecule has 0 saturated carbocycles. The first kappa shape index (κ1) is 13.5. The summed E-state index contributed by atoms with van der Waals surface area (Å²) in [5, 5.41) is 1.09. The Morgan fingerprint density at radius 3 is 2.70 bits per heavy atom. The molecule has 1 atom stereocenters. The molecule has 5 heteroatoms. The third kappa shape index (κ3) is 2.43. The van der Waals surface area contributed by atoms with Crippen LogP contribution in [0.5, 0.6) is 0 Å². The summed E-state index contributed by atoms with van der Waals surface area (Å²) in [6.07, 6.45) is 1.63. The monoisotopic (exact) mass is 347 g/mol. The SMILES string of the molecule is C[C@H](c1ccccc1)N(C)c1ncnc2sc(Br)cc12. The molecule has 3 aromatic rings. The van der Waals surface area contributed by atoms with Crippen LogP contribution < -0.4 is 4.90 Å². The molecule has 2 heterocycles. The lowest BCUT2D eigenvalue weighted by Gasteiger charge is -2.26. The van der Waals surface area contributed by atoms with Crippen molar-refractivity contribution in [1.29, 1.82) is 0 Å². The Morgan fingerprint density at radius 2 is 1.95 bits per heavy atom. The number of benzene rings is 1. The second-order valence-corrected chi connectivity index (χ2v) is 7.07. The van der Waals surface area contributed by atoms with Crippen molar-refractivity contribution in [1.82, 2.24) is 9.97 Å². The van der Waals surface area contributed by atoms with E-state index in [9.17, 15) is 0 Å². The molecule has 0 radical (unpaired) electrons. The molecule has 0 N–H and O–H groups in total. The average molecular weight is 348 g/mol. The minimum atomic E-state index is 0.257. The Hall–Kier alpha value is -1.46. The van der Waals surface area contributed by atoms with Crippen LogP contribution in [0.2, 0.25) is 0 Å². The van der Waals surface area contributed by atoms with E-state index in [1.807, 2.05) is 6.07 Å². The van der Waals surface area contributed by atoms with Crippen molar-refractivity contribution in [2.45, 2.75) is 13.0 Å².